The zero-order valence-corrected chi connectivity index (χ0v) is 15.4. The fraction of sp³-hybridized carbons (Fsp3) is 0.250. The lowest BCUT2D eigenvalue weighted by molar-refractivity contribution is 0.471. The van der Waals surface area contributed by atoms with Crippen molar-refractivity contribution >= 4 is 23.2 Å². The molecule has 0 radical (unpaired) electrons. The summed E-state index contributed by atoms with van der Waals surface area (Å²) in [6.45, 7) is 0. The largest absolute Gasteiger partial charge is 0.313 e. The molecule has 2 unspecified atom stereocenters. The monoisotopic (exact) mass is 371 g/mol. The first-order valence-electron chi connectivity index (χ1n) is 8.43. The van der Waals surface area contributed by atoms with Gasteiger partial charge in [0.25, 0.3) is 0 Å². The quantitative estimate of drug-likeness (QED) is 0.631. The number of nitrogens with one attached hydrogen (secondary N) is 2. The van der Waals surface area contributed by atoms with E-state index < -0.39 is 0 Å². The van der Waals surface area contributed by atoms with Gasteiger partial charge in [0.05, 0.1) is 15.7 Å². The summed E-state index contributed by atoms with van der Waals surface area (Å²) in [4.78, 5) is 0. The molecule has 128 valence electrons. The minimum absolute atomic E-state index is 0.338. The zero-order valence-electron chi connectivity index (χ0n) is 13.9. The molecule has 0 bridgehead atoms. The van der Waals surface area contributed by atoms with Crippen molar-refractivity contribution in [3.63, 3.8) is 0 Å². The number of nitrogens with zero attached hydrogens (tertiary/aromatic N) is 1. The Balaban J connectivity index is 1.80. The van der Waals surface area contributed by atoms with Crippen molar-refractivity contribution in [2.45, 2.75) is 24.8 Å². The number of hydrogen-bond donors (Lipinski definition) is 2. The Morgan fingerprint density at radius 1 is 1.00 bits per heavy atom. The molecule has 0 fully saturated rings. The average Bonchev–Trinajstić information content (AvgIpc) is 3.17. The molecule has 4 rings (SSSR count). The minimum Gasteiger partial charge on any atom is -0.313 e. The molecule has 3 nitrogen and oxygen atoms in total. The summed E-state index contributed by atoms with van der Waals surface area (Å²) < 4.78 is 0. The Morgan fingerprint density at radius 3 is 2.60 bits per heavy atom. The third-order valence-electron chi connectivity index (χ3n) is 5.09. The molecule has 2 atom stereocenters. The van der Waals surface area contributed by atoms with E-state index in [1.807, 2.05) is 25.2 Å². The maximum Gasteiger partial charge on any atom is 0.0650 e. The van der Waals surface area contributed by atoms with Crippen molar-refractivity contribution in [3.8, 4) is 11.3 Å². The molecule has 1 aromatic heterocycles. The van der Waals surface area contributed by atoms with Crippen LogP contribution >= 0.6 is 23.2 Å². The number of rotatable bonds is 3. The Kier molecular flexibility index (Phi) is 4.55. The van der Waals surface area contributed by atoms with Gasteiger partial charge >= 0.3 is 0 Å². The second-order valence-electron chi connectivity index (χ2n) is 6.46. The highest BCUT2D eigenvalue weighted by molar-refractivity contribution is 6.42. The number of hydrogen-bond acceptors (Lipinski definition) is 2. The standard InChI is InChI=1S/C20H19Cl2N3/c1-23-20-7-5-14(12-3-6-17(21)18(22)11-12)15-4-2-13(10-16(15)20)19-8-9-24-25-19/h2-4,6,8-11,14,20,23H,5,7H2,1H3,(H,24,25). The molecule has 2 aromatic carbocycles. The number of aromatic nitrogens is 2. The van der Waals surface area contributed by atoms with Crippen molar-refractivity contribution in [1.82, 2.24) is 15.5 Å². The van der Waals surface area contributed by atoms with E-state index in [0.717, 1.165) is 24.1 Å². The third-order valence-corrected chi connectivity index (χ3v) is 5.83. The number of fused-ring (bicyclic) bond motifs is 1. The highest BCUT2D eigenvalue weighted by Crippen LogP contribution is 2.43. The molecule has 0 aliphatic heterocycles. The molecule has 0 saturated carbocycles. The Bertz CT molecular complexity index is 890. The van der Waals surface area contributed by atoms with Crippen LogP contribution in [0.5, 0.6) is 0 Å². The Labute approximate surface area is 157 Å². The summed E-state index contributed by atoms with van der Waals surface area (Å²) in [5, 5.41) is 11.8. The van der Waals surface area contributed by atoms with Gasteiger partial charge in [0, 0.05) is 18.2 Å². The lowest BCUT2D eigenvalue weighted by Gasteiger charge is -2.32. The minimum atomic E-state index is 0.338. The first kappa shape index (κ1) is 16.6. The van der Waals surface area contributed by atoms with Crippen LogP contribution in [0.25, 0.3) is 11.3 Å². The van der Waals surface area contributed by atoms with Gasteiger partial charge < -0.3 is 5.32 Å². The molecule has 0 amide bonds. The van der Waals surface area contributed by atoms with E-state index in [-0.39, 0.29) is 0 Å². The van der Waals surface area contributed by atoms with Crippen molar-refractivity contribution in [3.05, 3.63) is 75.4 Å². The molecular formula is C20H19Cl2N3. The summed E-state index contributed by atoms with van der Waals surface area (Å²) in [6, 6.07) is 15.0. The van der Waals surface area contributed by atoms with Crippen LogP contribution in [0.1, 0.15) is 41.5 Å². The maximum absolute atomic E-state index is 6.25. The molecule has 1 aliphatic carbocycles. The summed E-state index contributed by atoms with van der Waals surface area (Å²) in [6.07, 6.45) is 3.95. The Morgan fingerprint density at radius 2 is 1.88 bits per heavy atom. The second-order valence-corrected chi connectivity index (χ2v) is 7.27. The zero-order chi connectivity index (χ0) is 17.4. The highest BCUT2D eigenvalue weighted by atomic mass is 35.5. The van der Waals surface area contributed by atoms with Crippen molar-refractivity contribution in [2.24, 2.45) is 0 Å². The van der Waals surface area contributed by atoms with Crippen LogP contribution in [0, 0.1) is 0 Å². The van der Waals surface area contributed by atoms with Crippen LogP contribution in [-0.4, -0.2) is 17.2 Å². The molecule has 2 N–H and O–H groups in total. The van der Waals surface area contributed by atoms with Crippen LogP contribution in [-0.2, 0) is 0 Å². The molecule has 1 aliphatic rings. The molecule has 0 saturated heterocycles. The number of halogens is 2. The van der Waals surface area contributed by atoms with Gasteiger partial charge in [-0.3, -0.25) is 5.10 Å². The van der Waals surface area contributed by atoms with Crippen LogP contribution < -0.4 is 5.32 Å². The lowest BCUT2D eigenvalue weighted by Crippen LogP contribution is -2.24. The summed E-state index contributed by atoms with van der Waals surface area (Å²) in [5.74, 6) is 0.338. The summed E-state index contributed by atoms with van der Waals surface area (Å²) in [5.41, 5.74) is 6.12. The van der Waals surface area contributed by atoms with Crippen LogP contribution in [0.15, 0.2) is 48.7 Å². The molecular weight excluding hydrogens is 353 g/mol. The van der Waals surface area contributed by atoms with Gasteiger partial charge in [-0.05, 0) is 66.4 Å². The van der Waals surface area contributed by atoms with Crippen molar-refractivity contribution in [2.75, 3.05) is 7.05 Å². The molecule has 5 heteroatoms. The fourth-order valence-corrected chi connectivity index (χ4v) is 4.10. The summed E-state index contributed by atoms with van der Waals surface area (Å²) in [7, 11) is 2.02. The Hall–Kier alpha value is -1.81. The van der Waals surface area contributed by atoms with E-state index in [1.54, 1.807) is 6.20 Å². The molecule has 3 aromatic rings. The normalized spacial score (nSPS) is 19.6. The van der Waals surface area contributed by atoms with Crippen molar-refractivity contribution < 1.29 is 0 Å². The molecule has 1 heterocycles. The third kappa shape index (κ3) is 3.08. The average molecular weight is 372 g/mol. The smallest absolute Gasteiger partial charge is 0.0650 e. The first-order chi connectivity index (χ1) is 12.2. The lowest BCUT2D eigenvalue weighted by atomic mass is 9.76. The van der Waals surface area contributed by atoms with Gasteiger partial charge in [-0.15, -0.1) is 0 Å². The van der Waals surface area contributed by atoms with E-state index in [0.29, 0.717) is 22.0 Å². The van der Waals surface area contributed by atoms with E-state index in [2.05, 4.69) is 39.8 Å². The maximum atomic E-state index is 6.25. The van der Waals surface area contributed by atoms with Gasteiger partial charge in [-0.1, -0.05) is 41.4 Å². The SMILES string of the molecule is CNC1CCC(c2ccc(Cl)c(Cl)c2)c2ccc(-c3ccn[nH]3)cc21. The van der Waals surface area contributed by atoms with Crippen molar-refractivity contribution in [1.29, 1.82) is 0 Å². The topological polar surface area (TPSA) is 40.7 Å². The second kappa shape index (κ2) is 6.83. The van der Waals surface area contributed by atoms with E-state index in [1.165, 1.54) is 16.7 Å². The van der Waals surface area contributed by atoms with Gasteiger partial charge in [0.2, 0.25) is 0 Å². The number of benzene rings is 2. The van der Waals surface area contributed by atoms with Crippen LogP contribution in [0.3, 0.4) is 0 Å². The number of H-pyrrole nitrogens is 1. The van der Waals surface area contributed by atoms with E-state index >= 15 is 0 Å². The predicted molar refractivity (Wildman–Crippen MR) is 103 cm³/mol. The first-order valence-corrected chi connectivity index (χ1v) is 9.18. The van der Waals surface area contributed by atoms with E-state index in [4.69, 9.17) is 23.2 Å². The van der Waals surface area contributed by atoms with Gasteiger partial charge in [0.1, 0.15) is 0 Å². The van der Waals surface area contributed by atoms with E-state index in [9.17, 15) is 0 Å². The molecule has 25 heavy (non-hydrogen) atoms. The summed E-state index contributed by atoms with van der Waals surface area (Å²) >= 11 is 12.3. The van der Waals surface area contributed by atoms with Gasteiger partial charge in [-0.2, -0.15) is 5.10 Å². The molecule has 0 spiro atoms. The highest BCUT2D eigenvalue weighted by Gasteiger charge is 2.28. The fourth-order valence-electron chi connectivity index (χ4n) is 3.80. The van der Waals surface area contributed by atoms with Crippen LogP contribution in [0.4, 0.5) is 0 Å². The predicted octanol–water partition coefficient (Wildman–Crippen LogP) is 5.57. The number of aromatic amines is 1. The van der Waals surface area contributed by atoms with Gasteiger partial charge in [-0.25, -0.2) is 0 Å². The van der Waals surface area contributed by atoms with Crippen LogP contribution in [0.2, 0.25) is 10.0 Å². The van der Waals surface area contributed by atoms with Gasteiger partial charge in [0.15, 0.2) is 0 Å².